The minimum Gasteiger partial charge on any atom is -0.381 e. The van der Waals surface area contributed by atoms with Crippen molar-refractivity contribution in [3.8, 4) is 11.1 Å². The van der Waals surface area contributed by atoms with Crippen LogP contribution >= 0.6 is 0 Å². The van der Waals surface area contributed by atoms with Crippen molar-refractivity contribution in [2.45, 2.75) is 38.0 Å². The number of amides is 1. The summed E-state index contributed by atoms with van der Waals surface area (Å²) in [7, 11) is 2.04. The first-order valence-electron chi connectivity index (χ1n) is 13.2. The lowest BCUT2D eigenvalue weighted by atomic mass is 9.97. The number of carbonyl (C=O) groups is 1. The number of aromatic amines is 1. The van der Waals surface area contributed by atoms with Gasteiger partial charge in [0, 0.05) is 43.7 Å². The summed E-state index contributed by atoms with van der Waals surface area (Å²) < 4.78 is 21.2. The maximum Gasteiger partial charge on any atom is 0.259 e. The van der Waals surface area contributed by atoms with Crippen LogP contribution in [0.2, 0.25) is 0 Å². The number of alkyl halides is 1. The van der Waals surface area contributed by atoms with Crippen LogP contribution in [0, 0.1) is 5.92 Å². The monoisotopic (exact) mass is 529 g/mol. The lowest BCUT2D eigenvalue weighted by molar-refractivity contribution is -0.117. The van der Waals surface area contributed by atoms with Crippen molar-refractivity contribution in [1.29, 1.82) is 0 Å². The maximum atomic E-state index is 13.5. The number of hydrogen-bond acceptors (Lipinski definition) is 7. The van der Waals surface area contributed by atoms with Gasteiger partial charge in [-0.1, -0.05) is 12.1 Å². The van der Waals surface area contributed by atoms with Gasteiger partial charge in [0.25, 0.3) is 5.56 Å². The quantitative estimate of drug-likeness (QED) is 0.356. The molecule has 1 saturated carbocycles. The van der Waals surface area contributed by atoms with Gasteiger partial charge < -0.3 is 25.3 Å². The van der Waals surface area contributed by atoms with Crippen LogP contribution in [-0.4, -0.2) is 52.1 Å². The van der Waals surface area contributed by atoms with Crippen molar-refractivity contribution < 1.29 is 13.9 Å². The molecule has 0 bridgehead atoms. The van der Waals surface area contributed by atoms with Crippen LogP contribution < -0.4 is 21.1 Å². The van der Waals surface area contributed by atoms with E-state index in [-0.39, 0.29) is 17.8 Å². The fourth-order valence-corrected chi connectivity index (χ4v) is 5.75. The van der Waals surface area contributed by atoms with Crippen molar-refractivity contribution in [2.24, 2.45) is 5.92 Å². The van der Waals surface area contributed by atoms with Gasteiger partial charge in [-0.05, 0) is 31.4 Å². The summed E-state index contributed by atoms with van der Waals surface area (Å²) in [5, 5.41) is 11.3. The number of carbonyl (C=O) groups excluding carboxylic acids is 1. The van der Waals surface area contributed by atoms with E-state index in [2.05, 4.69) is 36.2 Å². The van der Waals surface area contributed by atoms with Crippen molar-refractivity contribution in [1.82, 2.24) is 19.7 Å². The Bertz CT molecular complexity index is 1660. The number of aromatic nitrogens is 4. The van der Waals surface area contributed by atoms with Gasteiger partial charge in [0.1, 0.15) is 12.0 Å². The Morgan fingerprint density at radius 2 is 2.00 bits per heavy atom. The number of nitrogens with one attached hydrogen (secondary N) is 3. The third-order valence-electron chi connectivity index (χ3n) is 7.83. The molecule has 2 fully saturated rings. The molecule has 3 aromatic heterocycles. The first kappa shape index (κ1) is 23.8. The second kappa shape index (κ2) is 9.19. The lowest BCUT2D eigenvalue weighted by Gasteiger charge is -2.32. The van der Waals surface area contributed by atoms with E-state index in [0.29, 0.717) is 29.2 Å². The van der Waals surface area contributed by atoms with Gasteiger partial charge in [-0.25, -0.2) is 9.37 Å². The molecule has 1 amide bonds. The molecule has 1 aliphatic carbocycles. The highest BCUT2D eigenvalue weighted by Gasteiger charge is 2.43. The normalized spacial score (nSPS) is 20.4. The van der Waals surface area contributed by atoms with Crippen molar-refractivity contribution >= 4 is 39.7 Å². The Morgan fingerprint density at radius 1 is 1.18 bits per heavy atom. The van der Waals surface area contributed by atoms with Crippen LogP contribution in [0.5, 0.6) is 0 Å². The van der Waals surface area contributed by atoms with Gasteiger partial charge in [0.05, 0.1) is 58.4 Å². The van der Waals surface area contributed by atoms with Crippen molar-refractivity contribution in [3.63, 3.8) is 0 Å². The van der Waals surface area contributed by atoms with Gasteiger partial charge >= 0.3 is 0 Å². The zero-order chi connectivity index (χ0) is 26.7. The smallest absolute Gasteiger partial charge is 0.259 e. The Balaban J connectivity index is 1.28. The molecule has 0 spiro atoms. The number of hydrogen-bond donors (Lipinski definition) is 3. The van der Waals surface area contributed by atoms with Crippen LogP contribution in [0.4, 0.5) is 27.3 Å². The molecule has 0 radical (unpaired) electrons. The Labute approximate surface area is 223 Å². The Kier molecular flexibility index (Phi) is 5.62. The predicted molar refractivity (Wildman–Crippen MR) is 146 cm³/mol. The number of H-pyrrole nitrogens is 1. The van der Waals surface area contributed by atoms with Crippen LogP contribution in [0.25, 0.3) is 22.0 Å². The fourth-order valence-electron chi connectivity index (χ4n) is 5.75. The second-order valence-corrected chi connectivity index (χ2v) is 10.4. The van der Waals surface area contributed by atoms with Gasteiger partial charge in [-0.3, -0.25) is 14.3 Å². The average Bonchev–Trinajstić information content (AvgIpc) is 3.52. The average molecular weight is 530 g/mol. The molecule has 200 valence electrons. The zero-order valence-electron chi connectivity index (χ0n) is 21.4. The molecule has 7 rings (SSSR count). The number of rotatable bonds is 5. The first-order valence-corrected chi connectivity index (χ1v) is 13.2. The number of ether oxygens (including phenoxy) is 1. The van der Waals surface area contributed by atoms with E-state index in [4.69, 9.17) is 9.84 Å². The SMILES string of the molecule is CN1Cc2c(cnn2C2CCOCC2)-c2cccc(Nc3cc(NC(=O)[C@@H]4C[C@@H]4F)nc4cc[nH]c(=O)c34)c21. The largest absolute Gasteiger partial charge is 0.381 e. The molecule has 3 N–H and O–H groups in total. The van der Waals surface area contributed by atoms with E-state index >= 15 is 0 Å². The number of nitrogens with zero attached hydrogens (tertiary/aromatic N) is 4. The maximum absolute atomic E-state index is 13.5. The summed E-state index contributed by atoms with van der Waals surface area (Å²) in [5.74, 6) is -0.793. The number of benzene rings is 1. The molecule has 3 aliphatic rings. The van der Waals surface area contributed by atoms with Crippen LogP contribution in [0.1, 0.15) is 31.0 Å². The number of halogens is 1. The van der Waals surface area contributed by atoms with E-state index in [1.54, 1.807) is 12.1 Å². The van der Waals surface area contributed by atoms with E-state index < -0.39 is 18.0 Å². The molecule has 5 heterocycles. The predicted octanol–water partition coefficient (Wildman–Crippen LogP) is 4.13. The van der Waals surface area contributed by atoms with Crippen molar-refractivity contribution in [2.75, 3.05) is 35.8 Å². The van der Waals surface area contributed by atoms with E-state index in [9.17, 15) is 14.0 Å². The summed E-state index contributed by atoms with van der Waals surface area (Å²) in [6.45, 7) is 2.18. The van der Waals surface area contributed by atoms with Gasteiger partial charge in [-0.15, -0.1) is 0 Å². The van der Waals surface area contributed by atoms with Crippen LogP contribution in [-0.2, 0) is 16.1 Å². The molecular formula is C28H28FN7O3. The van der Waals surface area contributed by atoms with Crippen molar-refractivity contribution in [3.05, 3.63) is 58.8 Å². The third-order valence-corrected chi connectivity index (χ3v) is 7.83. The zero-order valence-corrected chi connectivity index (χ0v) is 21.4. The lowest BCUT2D eigenvalue weighted by Crippen LogP contribution is -2.28. The molecule has 39 heavy (non-hydrogen) atoms. The first-order chi connectivity index (χ1) is 19.0. The molecule has 2 atom stereocenters. The third kappa shape index (κ3) is 4.13. The Morgan fingerprint density at radius 3 is 2.79 bits per heavy atom. The highest BCUT2D eigenvalue weighted by molar-refractivity contribution is 6.00. The molecule has 11 heteroatoms. The topological polar surface area (TPSA) is 117 Å². The summed E-state index contributed by atoms with van der Waals surface area (Å²) in [4.78, 5) is 34.6. The Hall–Kier alpha value is -4.25. The molecule has 0 unspecified atom stereocenters. The highest BCUT2D eigenvalue weighted by atomic mass is 19.1. The van der Waals surface area contributed by atoms with E-state index in [0.717, 1.165) is 48.6 Å². The van der Waals surface area contributed by atoms with E-state index in [1.165, 1.54) is 11.9 Å². The number of pyridine rings is 2. The highest BCUT2D eigenvalue weighted by Crippen LogP contribution is 2.45. The molecule has 1 saturated heterocycles. The number of fused-ring (bicyclic) bond motifs is 4. The molecule has 1 aromatic carbocycles. The fraction of sp³-hybridized carbons (Fsp3) is 0.357. The van der Waals surface area contributed by atoms with Gasteiger partial charge in [-0.2, -0.15) is 5.10 Å². The summed E-state index contributed by atoms with van der Waals surface area (Å²) >= 11 is 0. The number of para-hydroxylation sites is 1. The van der Waals surface area contributed by atoms with Gasteiger partial charge in [0.2, 0.25) is 5.91 Å². The molecule has 2 aliphatic heterocycles. The minimum absolute atomic E-state index is 0.222. The summed E-state index contributed by atoms with van der Waals surface area (Å²) in [5.41, 5.74) is 5.72. The van der Waals surface area contributed by atoms with E-state index in [1.807, 2.05) is 25.4 Å². The van der Waals surface area contributed by atoms with Gasteiger partial charge in [0.15, 0.2) is 0 Å². The van der Waals surface area contributed by atoms with Crippen LogP contribution in [0.15, 0.2) is 47.5 Å². The minimum atomic E-state index is -1.11. The molecule has 4 aromatic rings. The second-order valence-electron chi connectivity index (χ2n) is 10.4. The van der Waals surface area contributed by atoms with Crippen LogP contribution in [0.3, 0.4) is 0 Å². The summed E-state index contributed by atoms with van der Waals surface area (Å²) in [6, 6.07) is 9.64. The summed E-state index contributed by atoms with van der Waals surface area (Å²) in [6.07, 6.45) is 4.46. The number of anilines is 4. The molecular weight excluding hydrogens is 501 g/mol. The molecule has 10 nitrogen and oxygen atoms in total. The standard InChI is InChI=1S/C28H28FN7O3/c1-35-14-23-18(13-31-36(23)15-6-9-39-10-7-15)16-3-2-4-21(26(16)35)32-22-12-24(34-27(37)17-11-19(17)29)33-20-5-8-30-28(38)25(20)22/h2-5,8,12-13,15,17,19H,6-7,9-11,14H2,1H3,(H,30,38)(H2,32,33,34,37)/t17-,19+/m1/s1.